The molecule has 0 amide bonds. The average molecular weight is 175 g/mol. The predicted octanol–water partition coefficient (Wildman–Crippen LogP) is 3.04. The first-order valence-electron chi connectivity index (χ1n) is 4.67. The van der Waals surface area contributed by atoms with Gasteiger partial charge in [-0.05, 0) is 12.0 Å². The van der Waals surface area contributed by atoms with Gasteiger partial charge in [-0.25, -0.2) is 0 Å². The smallest absolute Gasteiger partial charge is 0.0423 e. The van der Waals surface area contributed by atoms with Crippen LogP contribution in [0.25, 0.3) is 0 Å². The van der Waals surface area contributed by atoms with E-state index in [-0.39, 0.29) is 0 Å². The normalized spacial score (nSPS) is 9.69. The number of benzene rings is 1. The molecule has 0 heterocycles. The van der Waals surface area contributed by atoms with Crippen LogP contribution in [0.4, 0.5) is 0 Å². The molecule has 0 saturated carbocycles. The van der Waals surface area contributed by atoms with Crippen LogP contribution in [0, 0.1) is 0 Å². The summed E-state index contributed by atoms with van der Waals surface area (Å²) in [5.41, 5.74) is 2.52. The fourth-order valence-electron chi connectivity index (χ4n) is 1.24. The van der Waals surface area contributed by atoms with Crippen molar-refractivity contribution in [3.05, 3.63) is 48.2 Å². The van der Waals surface area contributed by atoms with Crippen molar-refractivity contribution in [1.29, 1.82) is 0 Å². The molecule has 0 radical (unpaired) electrons. The van der Waals surface area contributed by atoms with E-state index >= 15 is 0 Å². The number of hydrogen-bond acceptors (Lipinski definition) is 1. The summed E-state index contributed by atoms with van der Waals surface area (Å²) in [6.45, 7) is 7.08. The highest BCUT2D eigenvalue weighted by atomic mass is 15.1. The summed E-state index contributed by atoms with van der Waals surface area (Å²) < 4.78 is 0. The molecule has 0 atom stereocenters. The molecule has 1 aromatic carbocycles. The van der Waals surface area contributed by atoms with E-state index in [4.69, 9.17) is 0 Å². The second-order valence-electron chi connectivity index (χ2n) is 3.26. The Kier molecular flexibility index (Phi) is 3.56. The van der Waals surface area contributed by atoms with Gasteiger partial charge < -0.3 is 4.90 Å². The Balaban J connectivity index is 2.55. The molecule has 1 rings (SSSR count). The molecule has 0 saturated heterocycles. The summed E-state index contributed by atoms with van der Waals surface area (Å²) in [6, 6.07) is 10.5. The van der Waals surface area contributed by atoms with E-state index in [0.717, 1.165) is 13.0 Å². The summed E-state index contributed by atoms with van der Waals surface area (Å²) in [4.78, 5) is 2.19. The molecule has 0 aliphatic heterocycles. The Morgan fingerprint density at radius 2 is 1.92 bits per heavy atom. The highest BCUT2D eigenvalue weighted by Gasteiger charge is 1.99. The van der Waals surface area contributed by atoms with Crippen LogP contribution in [-0.4, -0.2) is 11.9 Å². The van der Waals surface area contributed by atoms with Gasteiger partial charge in [-0.3, -0.25) is 0 Å². The average Bonchev–Trinajstić information content (AvgIpc) is 2.18. The van der Waals surface area contributed by atoms with Crippen LogP contribution >= 0.6 is 0 Å². The van der Waals surface area contributed by atoms with Crippen molar-refractivity contribution in [2.24, 2.45) is 0 Å². The molecule has 0 unspecified atom stereocenters. The molecular weight excluding hydrogens is 158 g/mol. The maximum absolute atomic E-state index is 4.00. The topological polar surface area (TPSA) is 3.24 Å². The molecule has 0 bridgehead atoms. The van der Waals surface area contributed by atoms with Crippen molar-refractivity contribution in [3.63, 3.8) is 0 Å². The molecule has 1 nitrogen and oxygen atoms in total. The summed E-state index contributed by atoms with van der Waals surface area (Å²) in [6.07, 6.45) is 1.02. The lowest BCUT2D eigenvalue weighted by atomic mass is 10.2. The summed E-state index contributed by atoms with van der Waals surface area (Å²) >= 11 is 0. The Bertz CT molecular complexity index is 264. The second-order valence-corrected chi connectivity index (χ2v) is 3.26. The molecular formula is C12H17N. The van der Waals surface area contributed by atoms with Gasteiger partial charge in [-0.15, -0.1) is 0 Å². The van der Waals surface area contributed by atoms with Crippen LogP contribution in [-0.2, 0) is 6.54 Å². The predicted molar refractivity (Wildman–Crippen MR) is 57.3 cm³/mol. The molecule has 0 aliphatic rings. The van der Waals surface area contributed by atoms with Crippen LogP contribution in [0.15, 0.2) is 42.6 Å². The number of rotatable bonds is 4. The van der Waals surface area contributed by atoms with Crippen LogP contribution in [0.3, 0.4) is 0 Å². The quantitative estimate of drug-likeness (QED) is 0.680. The van der Waals surface area contributed by atoms with E-state index in [1.165, 1.54) is 11.3 Å². The first-order valence-corrected chi connectivity index (χ1v) is 4.67. The van der Waals surface area contributed by atoms with Crippen LogP contribution in [0.5, 0.6) is 0 Å². The molecule has 1 heteroatoms. The Morgan fingerprint density at radius 3 is 2.46 bits per heavy atom. The maximum atomic E-state index is 4.00. The molecule has 0 fully saturated rings. The van der Waals surface area contributed by atoms with Crippen LogP contribution < -0.4 is 0 Å². The van der Waals surface area contributed by atoms with E-state index in [0.29, 0.717) is 0 Å². The fraction of sp³-hybridized carbons (Fsp3) is 0.333. The standard InChI is InChI=1S/C12H17N/c1-4-11(2)13(3)10-12-8-6-5-7-9-12/h5-9H,2,4,10H2,1,3H3. The lowest BCUT2D eigenvalue weighted by molar-refractivity contribution is 0.401. The van der Waals surface area contributed by atoms with Crippen LogP contribution in [0.1, 0.15) is 18.9 Å². The van der Waals surface area contributed by atoms with E-state index in [9.17, 15) is 0 Å². The van der Waals surface area contributed by atoms with Gasteiger partial charge in [0.15, 0.2) is 0 Å². The first kappa shape index (κ1) is 9.85. The molecule has 0 spiro atoms. The van der Waals surface area contributed by atoms with Gasteiger partial charge in [-0.2, -0.15) is 0 Å². The third-order valence-electron chi connectivity index (χ3n) is 2.21. The molecule has 0 aromatic heterocycles. The lowest BCUT2D eigenvalue weighted by Crippen LogP contribution is -2.15. The van der Waals surface area contributed by atoms with E-state index < -0.39 is 0 Å². The second kappa shape index (κ2) is 4.70. The van der Waals surface area contributed by atoms with Gasteiger partial charge in [0.05, 0.1) is 0 Å². The SMILES string of the molecule is C=C(CC)N(C)Cc1ccccc1. The minimum atomic E-state index is 0.952. The zero-order valence-corrected chi connectivity index (χ0v) is 8.46. The molecule has 0 aliphatic carbocycles. The van der Waals surface area contributed by atoms with Gasteiger partial charge >= 0.3 is 0 Å². The Hall–Kier alpha value is -1.24. The van der Waals surface area contributed by atoms with E-state index in [1.54, 1.807) is 0 Å². The zero-order valence-electron chi connectivity index (χ0n) is 8.46. The minimum Gasteiger partial charge on any atom is -0.374 e. The van der Waals surface area contributed by atoms with Crippen LogP contribution in [0.2, 0.25) is 0 Å². The zero-order chi connectivity index (χ0) is 9.68. The molecule has 70 valence electrons. The van der Waals surface area contributed by atoms with Gasteiger partial charge in [0.2, 0.25) is 0 Å². The van der Waals surface area contributed by atoms with Gasteiger partial charge in [0.1, 0.15) is 0 Å². The highest BCUT2D eigenvalue weighted by Crippen LogP contribution is 2.08. The lowest BCUT2D eigenvalue weighted by Gasteiger charge is -2.20. The number of allylic oxidation sites excluding steroid dienone is 1. The number of nitrogens with zero attached hydrogens (tertiary/aromatic N) is 1. The van der Waals surface area contributed by atoms with Gasteiger partial charge in [0.25, 0.3) is 0 Å². The van der Waals surface area contributed by atoms with E-state index in [1.807, 2.05) is 6.07 Å². The Morgan fingerprint density at radius 1 is 1.31 bits per heavy atom. The van der Waals surface area contributed by atoms with Crippen molar-refractivity contribution in [1.82, 2.24) is 4.90 Å². The molecule has 13 heavy (non-hydrogen) atoms. The highest BCUT2D eigenvalue weighted by molar-refractivity contribution is 5.15. The van der Waals surface area contributed by atoms with Crippen molar-refractivity contribution in [2.75, 3.05) is 7.05 Å². The monoisotopic (exact) mass is 175 g/mol. The fourth-order valence-corrected chi connectivity index (χ4v) is 1.24. The van der Waals surface area contributed by atoms with Gasteiger partial charge in [0, 0.05) is 19.3 Å². The minimum absolute atomic E-state index is 0.952. The summed E-state index contributed by atoms with van der Waals surface area (Å²) in [7, 11) is 2.08. The van der Waals surface area contributed by atoms with Crippen molar-refractivity contribution < 1.29 is 0 Å². The van der Waals surface area contributed by atoms with Gasteiger partial charge in [-0.1, -0.05) is 43.8 Å². The van der Waals surface area contributed by atoms with Crippen molar-refractivity contribution in [3.8, 4) is 0 Å². The third-order valence-corrected chi connectivity index (χ3v) is 2.21. The Labute approximate surface area is 80.7 Å². The summed E-state index contributed by atoms with van der Waals surface area (Å²) in [5, 5.41) is 0. The van der Waals surface area contributed by atoms with Crippen molar-refractivity contribution in [2.45, 2.75) is 19.9 Å². The van der Waals surface area contributed by atoms with E-state index in [2.05, 4.69) is 49.7 Å². The number of hydrogen-bond donors (Lipinski definition) is 0. The molecule has 1 aromatic rings. The first-order chi connectivity index (χ1) is 6.24. The largest absolute Gasteiger partial charge is 0.374 e. The maximum Gasteiger partial charge on any atom is 0.0423 e. The third kappa shape index (κ3) is 2.94. The van der Waals surface area contributed by atoms with Crippen molar-refractivity contribution >= 4 is 0 Å². The summed E-state index contributed by atoms with van der Waals surface area (Å²) in [5.74, 6) is 0. The molecule has 0 N–H and O–H groups in total.